The van der Waals surface area contributed by atoms with Crippen molar-refractivity contribution in [2.45, 2.75) is 6.92 Å². The Bertz CT molecular complexity index is 707. The van der Waals surface area contributed by atoms with E-state index in [1.807, 2.05) is 0 Å². The molecule has 1 N–H and O–H groups in total. The monoisotopic (exact) mass is 288 g/mol. The maximum atomic E-state index is 12.0. The predicted molar refractivity (Wildman–Crippen MR) is 73.9 cm³/mol. The molecule has 2 aromatic rings. The first-order valence-electron chi connectivity index (χ1n) is 5.93. The van der Waals surface area contributed by atoms with Crippen molar-refractivity contribution >= 4 is 17.8 Å². The fourth-order valence-electron chi connectivity index (χ4n) is 1.78. The third-order valence-electron chi connectivity index (χ3n) is 2.64. The molecule has 0 atom stereocenters. The van der Waals surface area contributed by atoms with Crippen LogP contribution in [0.4, 0.5) is 5.69 Å². The van der Waals surface area contributed by atoms with Gasteiger partial charge in [-0.3, -0.25) is 24.6 Å². The van der Waals surface area contributed by atoms with E-state index in [2.05, 4.69) is 20.6 Å². The summed E-state index contributed by atoms with van der Waals surface area (Å²) in [6.45, 7) is 1.46. The molecule has 0 saturated carbocycles. The summed E-state index contributed by atoms with van der Waals surface area (Å²) in [4.78, 5) is 26.3. The van der Waals surface area contributed by atoms with Crippen molar-refractivity contribution in [2.24, 2.45) is 12.1 Å². The molecule has 0 fully saturated rings. The number of nitro groups is 1. The minimum Gasteiger partial charge on any atom is -0.265 e. The van der Waals surface area contributed by atoms with E-state index in [-0.39, 0.29) is 17.1 Å². The number of rotatable bonds is 4. The first-order valence-corrected chi connectivity index (χ1v) is 5.93. The number of hydrazone groups is 1. The summed E-state index contributed by atoms with van der Waals surface area (Å²) in [5.41, 5.74) is 2.45. The number of carbonyl (C=O) groups is 1. The summed E-state index contributed by atoms with van der Waals surface area (Å²) in [5.74, 6) is -0.711. The number of aryl methyl sites for hydroxylation is 2. The number of aromatic nitrogens is 3. The van der Waals surface area contributed by atoms with Gasteiger partial charge in [0.05, 0.1) is 16.8 Å². The largest absolute Gasteiger partial charge is 0.322 e. The molecule has 0 bridgehead atoms. The lowest BCUT2D eigenvalue weighted by Crippen LogP contribution is -2.22. The van der Waals surface area contributed by atoms with Gasteiger partial charge in [-0.2, -0.15) is 10.2 Å². The van der Waals surface area contributed by atoms with E-state index in [0.29, 0.717) is 5.69 Å². The minimum absolute atomic E-state index is 0.157. The van der Waals surface area contributed by atoms with Crippen LogP contribution in [0.15, 0.2) is 29.5 Å². The van der Waals surface area contributed by atoms with Crippen LogP contribution in [0.5, 0.6) is 0 Å². The number of carbonyl (C=O) groups excluding carboxylic acids is 1. The van der Waals surface area contributed by atoms with Gasteiger partial charge >= 0.3 is 5.69 Å². The zero-order valence-electron chi connectivity index (χ0n) is 11.3. The standard InChI is InChI=1S/C12H12N6O3/c1-8-10(18(20)21)11(17(2)16-8)12(19)15-14-7-9-5-3-4-6-13-9/h3-7H,1-2H3,(H,15,19)/b14-7+. The first-order chi connectivity index (χ1) is 10.0. The summed E-state index contributed by atoms with van der Waals surface area (Å²) in [6.07, 6.45) is 2.92. The second-order valence-electron chi connectivity index (χ2n) is 4.12. The highest BCUT2D eigenvalue weighted by Gasteiger charge is 2.28. The van der Waals surface area contributed by atoms with E-state index < -0.39 is 10.8 Å². The van der Waals surface area contributed by atoms with Crippen molar-refractivity contribution in [3.63, 3.8) is 0 Å². The Kier molecular flexibility index (Phi) is 4.02. The van der Waals surface area contributed by atoms with Crippen molar-refractivity contribution < 1.29 is 9.72 Å². The number of nitrogens with zero attached hydrogens (tertiary/aromatic N) is 5. The Morgan fingerprint density at radius 2 is 2.29 bits per heavy atom. The molecule has 1 amide bonds. The van der Waals surface area contributed by atoms with Crippen LogP contribution in [0.25, 0.3) is 0 Å². The van der Waals surface area contributed by atoms with E-state index >= 15 is 0 Å². The molecule has 108 valence electrons. The second kappa shape index (κ2) is 5.90. The fraction of sp³-hybridized carbons (Fsp3) is 0.167. The Balaban J connectivity index is 2.18. The number of hydrogen-bond acceptors (Lipinski definition) is 6. The Labute approximate surface area is 119 Å². The van der Waals surface area contributed by atoms with Gasteiger partial charge in [-0.25, -0.2) is 5.43 Å². The maximum Gasteiger partial charge on any atom is 0.322 e. The van der Waals surface area contributed by atoms with Crippen LogP contribution in [0.1, 0.15) is 21.9 Å². The third-order valence-corrected chi connectivity index (χ3v) is 2.64. The van der Waals surface area contributed by atoms with Gasteiger partial charge in [0.15, 0.2) is 0 Å². The molecule has 2 rings (SSSR count). The summed E-state index contributed by atoms with van der Waals surface area (Å²) in [5, 5.41) is 18.6. The number of nitrogens with one attached hydrogen (secondary N) is 1. The summed E-state index contributed by atoms with van der Waals surface area (Å²) >= 11 is 0. The third kappa shape index (κ3) is 3.08. The topological polar surface area (TPSA) is 115 Å². The highest BCUT2D eigenvalue weighted by atomic mass is 16.6. The molecule has 0 aliphatic carbocycles. The van der Waals surface area contributed by atoms with Crippen LogP contribution in [-0.4, -0.2) is 31.8 Å². The quantitative estimate of drug-likeness (QED) is 0.507. The fourth-order valence-corrected chi connectivity index (χ4v) is 1.78. The summed E-state index contributed by atoms with van der Waals surface area (Å²) < 4.78 is 1.15. The molecule has 0 spiro atoms. The van der Waals surface area contributed by atoms with Crippen LogP contribution in [0.2, 0.25) is 0 Å². The highest BCUT2D eigenvalue weighted by Crippen LogP contribution is 2.21. The minimum atomic E-state index is -0.711. The van der Waals surface area contributed by atoms with Crippen LogP contribution < -0.4 is 5.43 Å². The molecule has 0 aromatic carbocycles. The van der Waals surface area contributed by atoms with Gasteiger partial charge in [-0.15, -0.1) is 0 Å². The molecular formula is C12H12N6O3. The molecule has 0 unspecified atom stereocenters. The van der Waals surface area contributed by atoms with Gasteiger partial charge in [0, 0.05) is 13.2 Å². The van der Waals surface area contributed by atoms with Gasteiger partial charge in [0.2, 0.25) is 5.69 Å². The van der Waals surface area contributed by atoms with Crippen LogP contribution >= 0.6 is 0 Å². The number of amides is 1. The summed E-state index contributed by atoms with van der Waals surface area (Å²) in [6, 6.07) is 5.22. The van der Waals surface area contributed by atoms with Gasteiger partial charge in [0.25, 0.3) is 5.91 Å². The van der Waals surface area contributed by atoms with E-state index in [9.17, 15) is 14.9 Å². The molecule has 2 aromatic heterocycles. The first kappa shape index (κ1) is 14.3. The van der Waals surface area contributed by atoms with Crippen molar-refractivity contribution in [3.05, 3.63) is 51.6 Å². The van der Waals surface area contributed by atoms with Crippen molar-refractivity contribution in [1.82, 2.24) is 20.2 Å². The highest BCUT2D eigenvalue weighted by molar-refractivity contribution is 5.97. The molecule has 0 radical (unpaired) electrons. The Morgan fingerprint density at radius 1 is 1.52 bits per heavy atom. The lowest BCUT2D eigenvalue weighted by Gasteiger charge is -1.99. The lowest BCUT2D eigenvalue weighted by molar-refractivity contribution is -0.385. The van der Waals surface area contributed by atoms with Gasteiger partial charge in [-0.05, 0) is 19.1 Å². The zero-order valence-corrected chi connectivity index (χ0v) is 11.3. The van der Waals surface area contributed by atoms with E-state index in [0.717, 1.165) is 4.68 Å². The average Bonchev–Trinajstić information content (AvgIpc) is 2.74. The SMILES string of the molecule is Cc1nn(C)c(C(=O)N/N=C/c2ccccn2)c1[N+](=O)[O-]. The van der Waals surface area contributed by atoms with Gasteiger partial charge < -0.3 is 0 Å². The maximum absolute atomic E-state index is 12.0. The zero-order chi connectivity index (χ0) is 15.4. The normalized spacial score (nSPS) is 10.8. The van der Waals surface area contributed by atoms with Crippen LogP contribution in [0, 0.1) is 17.0 Å². The molecule has 9 nitrogen and oxygen atoms in total. The van der Waals surface area contributed by atoms with Crippen molar-refractivity contribution in [1.29, 1.82) is 0 Å². The molecule has 0 saturated heterocycles. The van der Waals surface area contributed by atoms with Crippen LogP contribution in [0.3, 0.4) is 0 Å². The Hall–Kier alpha value is -3.10. The van der Waals surface area contributed by atoms with E-state index in [1.54, 1.807) is 24.4 Å². The predicted octanol–water partition coefficient (Wildman–Crippen LogP) is 0.796. The number of hydrogen-bond donors (Lipinski definition) is 1. The van der Waals surface area contributed by atoms with E-state index in [4.69, 9.17) is 0 Å². The molecule has 0 aliphatic rings. The van der Waals surface area contributed by atoms with E-state index in [1.165, 1.54) is 20.2 Å². The molecule has 21 heavy (non-hydrogen) atoms. The van der Waals surface area contributed by atoms with Crippen molar-refractivity contribution in [3.8, 4) is 0 Å². The summed E-state index contributed by atoms with van der Waals surface area (Å²) in [7, 11) is 1.46. The lowest BCUT2D eigenvalue weighted by atomic mass is 10.3. The van der Waals surface area contributed by atoms with Crippen LogP contribution in [-0.2, 0) is 7.05 Å². The Morgan fingerprint density at radius 3 is 2.90 bits per heavy atom. The number of pyridine rings is 1. The molecular weight excluding hydrogens is 276 g/mol. The van der Waals surface area contributed by atoms with Crippen molar-refractivity contribution in [2.75, 3.05) is 0 Å². The van der Waals surface area contributed by atoms with Gasteiger partial charge in [-0.1, -0.05) is 6.07 Å². The molecule has 2 heterocycles. The smallest absolute Gasteiger partial charge is 0.265 e. The van der Waals surface area contributed by atoms with Gasteiger partial charge in [0.1, 0.15) is 5.69 Å². The average molecular weight is 288 g/mol. The molecule has 9 heteroatoms. The second-order valence-corrected chi connectivity index (χ2v) is 4.12. The molecule has 0 aliphatic heterocycles.